The van der Waals surface area contributed by atoms with Crippen molar-refractivity contribution in [3.63, 3.8) is 0 Å². The zero-order chi connectivity index (χ0) is 15.0. The van der Waals surface area contributed by atoms with Crippen molar-refractivity contribution < 1.29 is 19.4 Å². The van der Waals surface area contributed by atoms with Crippen LogP contribution in [0, 0.1) is 0 Å². The van der Waals surface area contributed by atoms with E-state index in [1.807, 2.05) is 24.3 Å². The smallest absolute Gasteiger partial charge is 0.336 e. The van der Waals surface area contributed by atoms with Crippen LogP contribution in [0.2, 0.25) is 0 Å². The first-order valence-corrected chi connectivity index (χ1v) is 6.46. The molecule has 4 nitrogen and oxygen atoms in total. The molecule has 0 bridgehead atoms. The minimum atomic E-state index is -0.942. The van der Waals surface area contributed by atoms with Crippen LogP contribution < -0.4 is 9.47 Å². The summed E-state index contributed by atoms with van der Waals surface area (Å²) in [6.45, 7) is 0. The summed E-state index contributed by atoms with van der Waals surface area (Å²) in [5.41, 5.74) is 0.283. The van der Waals surface area contributed by atoms with E-state index in [9.17, 15) is 9.90 Å². The number of methoxy groups -OCH3 is 2. The topological polar surface area (TPSA) is 55.8 Å². The second kappa shape index (κ2) is 4.98. The Bertz CT molecular complexity index is 852. The maximum atomic E-state index is 11.5. The molecular formula is C17H14O4. The Labute approximate surface area is 121 Å². The number of benzene rings is 3. The van der Waals surface area contributed by atoms with E-state index < -0.39 is 5.97 Å². The molecule has 0 saturated heterocycles. The molecule has 106 valence electrons. The molecule has 4 heteroatoms. The van der Waals surface area contributed by atoms with Gasteiger partial charge in [0.05, 0.1) is 19.8 Å². The number of hydrogen-bond donors (Lipinski definition) is 1. The number of hydrogen-bond acceptors (Lipinski definition) is 3. The Morgan fingerprint density at radius 3 is 2.10 bits per heavy atom. The van der Waals surface area contributed by atoms with Crippen LogP contribution in [0.5, 0.6) is 11.5 Å². The number of rotatable bonds is 3. The van der Waals surface area contributed by atoms with Gasteiger partial charge in [-0.1, -0.05) is 6.07 Å². The molecule has 0 atom stereocenters. The van der Waals surface area contributed by atoms with Crippen molar-refractivity contribution in [1.29, 1.82) is 0 Å². The van der Waals surface area contributed by atoms with Gasteiger partial charge in [-0.05, 0) is 57.9 Å². The quantitative estimate of drug-likeness (QED) is 0.744. The lowest BCUT2D eigenvalue weighted by Gasteiger charge is -2.10. The van der Waals surface area contributed by atoms with Crippen LogP contribution in [0.25, 0.3) is 21.5 Å². The van der Waals surface area contributed by atoms with Crippen molar-refractivity contribution in [2.45, 2.75) is 0 Å². The van der Waals surface area contributed by atoms with Crippen LogP contribution in [0.4, 0.5) is 0 Å². The van der Waals surface area contributed by atoms with E-state index in [1.54, 1.807) is 32.4 Å². The van der Waals surface area contributed by atoms with Crippen LogP contribution in [0.3, 0.4) is 0 Å². The van der Waals surface area contributed by atoms with Gasteiger partial charge in [-0.25, -0.2) is 4.79 Å². The highest BCUT2D eigenvalue weighted by Crippen LogP contribution is 2.33. The predicted molar refractivity (Wildman–Crippen MR) is 81.5 cm³/mol. The van der Waals surface area contributed by atoms with Gasteiger partial charge in [-0.2, -0.15) is 0 Å². The highest BCUT2D eigenvalue weighted by Gasteiger charge is 2.13. The minimum Gasteiger partial charge on any atom is -0.497 e. The first-order chi connectivity index (χ1) is 10.1. The molecule has 0 unspecified atom stereocenters. The fraction of sp³-hybridized carbons (Fsp3) is 0.118. The van der Waals surface area contributed by atoms with Crippen molar-refractivity contribution in [2.75, 3.05) is 14.2 Å². The SMILES string of the molecule is COc1ccc2cc(C(=O)O)c3ccc(OC)cc3c2c1. The van der Waals surface area contributed by atoms with Crippen molar-refractivity contribution in [3.8, 4) is 11.5 Å². The summed E-state index contributed by atoms with van der Waals surface area (Å²) in [4.78, 5) is 11.5. The van der Waals surface area contributed by atoms with E-state index in [-0.39, 0.29) is 5.56 Å². The lowest BCUT2D eigenvalue weighted by molar-refractivity contribution is 0.0699. The Morgan fingerprint density at radius 2 is 1.48 bits per heavy atom. The maximum absolute atomic E-state index is 11.5. The Morgan fingerprint density at radius 1 is 0.857 bits per heavy atom. The number of carbonyl (C=O) groups is 1. The average molecular weight is 282 g/mol. The van der Waals surface area contributed by atoms with Gasteiger partial charge < -0.3 is 14.6 Å². The zero-order valence-corrected chi connectivity index (χ0v) is 11.7. The fourth-order valence-corrected chi connectivity index (χ4v) is 2.54. The predicted octanol–water partition coefficient (Wildman–Crippen LogP) is 3.71. The molecule has 3 aromatic carbocycles. The van der Waals surface area contributed by atoms with Gasteiger partial charge in [0.2, 0.25) is 0 Å². The summed E-state index contributed by atoms with van der Waals surface area (Å²) in [6.07, 6.45) is 0. The molecule has 1 N–H and O–H groups in total. The molecule has 0 heterocycles. The van der Waals surface area contributed by atoms with Crippen LogP contribution >= 0.6 is 0 Å². The standard InChI is InChI=1S/C17H14O4/c1-20-11-4-3-10-7-16(17(18)19)13-6-5-12(21-2)9-15(13)14(10)8-11/h3-9H,1-2H3,(H,18,19). The Balaban J connectivity index is 2.48. The number of ether oxygens (including phenoxy) is 2. The molecule has 3 rings (SSSR count). The summed E-state index contributed by atoms with van der Waals surface area (Å²) in [7, 11) is 3.19. The molecule has 3 aromatic rings. The van der Waals surface area contributed by atoms with Gasteiger partial charge in [0.25, 0.3) is 0 Å². The summed E-state index contributed by atoms with van der Waals surface area (Å²) in [6, 6.07) is 12.7. The van der Waals surface area contributed by atoms with Crippen molar-refractivity contribution in [3.05, 3.63) is 48.0 Å². The van der Waals surface area contributed by atoms with E-state index in [2.05, 4.69) is 0 Å². The van der Waals surface area contributed by atoms with E-state index in [0.717, 1.165) is 21.9 Å². The van der Waals surface area contributed by atoms with Gasteiger partial charge >= 0.3 is 5.97 Å². The number of aromatic carboxylic acids is 1. The van der Waals surface area contributed by atoms with Gasteiger partial charge in [-0.3, -0.25) is 0 Å². The molecule has 0 radical (unpaired) electrons. The number of fused-ring (bicyclic) bond motifs is 3. The molecule has 0 amide bonds. The highest BCUT2D eigenvalue weighted by atomic mass is 16.5. The van der Waals surface area contributed by atoms with Gasteiger partial charge in [0.15, 0.2) is 0 Å². The molecule has 0 aromatic heterocycles. The van der Waals surface area contributed by atoms with E-state index in [0.29, 0.717) is 11.1 Å². The third-order valence-corrected chi connectivity index (χ3v) is 3.60. The summed E-state index contributed by atoms with van der Waals surface area (Å²) < 4.78 is 10.5. The van der Waals surface area contributed by atoms with Crippen molar-refractivity contribution in [2.24, 2.45) is 0 Å². The fourth-order valence-electron chi connectivity index (χ4n) is 2.54. The number of carboxylic acid groups (broad SMARTS) is 1. The van der Waals surface area contributed by atoms with E-state index in [4.69, 9.17) is 9.47 Å². The molecule has 0 aliphatic heterocycles. The molecule has 21 heavy (non-hydrogen) atoms. The van der Waals surface area contributed by atoms with Gasteiger partial charge in [-0.15, -0.1) is 0 Å². The van der Waals surface area contributed by atoms with Crippen LogP contribution in [0.1, 0.15) is 10.4 Å². The second-order valence-electron chi connectivity index (χ2n) is 4.73. The molecule has 0 saturated carbocycles. The van der Waals surface area contributed by atoms with E-state index in [1.165, 1.54) is 0 Å². The molecule has 0 aliphatic rings. The maximum Gasteiger partial charge on any atom is 0.336 e. The van der Waals surface area contributed by atoms with Crippen molar-refractivity contribution in [1.82, 2.24) is 0 Å². The average Bonchev–Trinajstić information content (AvgIpc) is 2.52. The monoisotopic (exact) mass is 282 g/mol. The van der Waals surface area contributed by atoms with Gasteiger partial charge in [0.1, 0.15) is 11.5 Å². The highest BCUT2D eigenvalue weighted by molar-refractivity contribution is 6.16. The first kappa shape index (κ1) is 13.2. The lowest BCUT2D eigenvalue weighted by atomic mass is 9.97. The van der Waals surface area contributed by atoms with Crippen LogP contribution in [0.15, 0.2) is 42.5 Å². The summed E-state index contributed by atoms with van der Waals surface area (Å²) in [5, 5.41) is 12.7. The third kappa shape index (κ3) is 2.14. The molecular weight excluding hydrogens is 268 g/mol. The minimum absolute atomic E-state index is 0.283. The van der Waals surface area contributed by atoms with Crippen molar-refractivity contribution >= 4 is 27.5 Å². The zero-order valence-electron chi connectivity index (χ0n) is 11.7. The lowest BCUT2D eigenvalue weighted by Crippen LogP contribution is -1.98. The Kier molecular flexibility index (Phi) is 3.14. The molecule has 0 aliphatic carbocycles. The van der Waals surface area contributed by atoms with Crippen LogP contribution in [-0.4, -0.2) is 25.3 Å². The van der Waals surface area contributed by atoms with E-state index >= 15 is 0 Å². The van der Waals surface area contributed by atoms with Gasteiger partial charge in [0, 0.05) is 0 Å². The second-order valence-corrected chi connectivity index (χ2v) is 4.73. The summed E-state index contributed by atoms with van der Waals surface area (Å²) in [5.74, 6) is 0.478. The largest absolute Gasteiger partial charge is 0.497 e. The normalized spacial score (nSPS) is 10.8. The first-order valence-electron chi connectivity index (χ1n) is 6.46. The Hall–Kier alpha value is -2.75. The molecule has 0 spiro atoms. The van der Waals surface area contributed by atoms with Crippen LogP contribution in [-0.2, 0) is 0 Å². The molecule has 0 fully saturated rings. The number of carboxylic acids is 1. The third-order valence-electron chi connectivity index (χ3n) is 3.60. The summed E-state index contributed by atoms with van der Waals surface area (Å²) >= 11 is 0.